The SMILES string of the molecule is CCn1c(COc2ccc3ccccc3c2C)nnc1SCC(=O)Nc1sc2c(c1C#N)CC[C@H](C(C)(C)C)C2. The quantitative estimate of drug-likeness (QED) is 0.225. The Balaban J connectivity index is 1.22. The van der Waals surface area contributed by atoms with E-state index in [9.17, 15) is 10.1 Å². The number of nitriles is 1. The molecule has 1 aliphatic rings. The Kier molecular flexibility index (Phi) is 8.20. The van der Waals surface area contributed by atoms with Crippen molar-refractivity contribution in [3.8, 4) is 11.8 Å². The van der Waals surface area contributed by atoms with E-state index in [2.05, 4.69) is 67.5 Å². The standard InChI is InChI=1S/C31H35N5O2S2/c1-6-36-27(17-38-25-14-11-20-9-7-8-10-22(20)19(25)2)34-35-30(36)39-18-28(37)33-29-24(16-32)23-13-12-21(31(3,4)5)15-26(23)40-29/h7-11,14,21H,6,12-13,15,17-18H2,1-5H3,(H,33,37)/t21-/m0/s1. The Morgan fingerprint density at radius 3 is 2.80 bits per heavy atom. The lowest BCUT2D eigenvalue weighted by molar-refractivity contribution is -0.113. The Morgan fingerprint density at radius 1 is 1.25 bits per heavy atom. The lowest BCUT2D eigenvalue weighted by Crippen LogP contribution is -2.26. The van der Waals surface area contributed by atoms with E-state index in [1.54, 1.807) is 11.3 Å². The van der Waals surface area contributed by atoms with Crippen LogP contribution in [0.5, 0.6) is 5.75 Å². The van der Waals surface area contributed by atoms with E-state index in [1.807, 2.05) is 29.7 Å². The fourth-order valence-corrected chi connectivity index (χ4v) is 7.50. The summed E-state index contributed by atoms with van der Waals surface area (Å²) < 4.78 is 8.12. The molecule has 1 aliphatic carbocycles. The number of carbonyl (C=O) groups excluding carboxylic acids is 1. The molecule has 1 amide bonds. The second kappa shape index (κ2) is 11.6. The Morgan fingerprint density at radius 2 is 2.05 bits per heavy atom. The van der Waals surface area contributed by atoms with Crippen molar-refractivity contribution in [2.75, 3.05) is 11.1 Å². The Bertz CT molecular complexity index is 1590. The minimum absolute atomic E-state index is 0.150. The molecule has 4 aromatic rings. The van der Waals surface area contributed by atoms with Crippen LogP contribution in [-0.2, 0) is 30.8 Å². The number of fused-ring (bicyclic) bond motifs is 2. The highest BCUT2D eigenvalue weighted by Gasteiger charge is 2.32. The molecule has 0 aliphatic heterocycles. The number of hydrogen-bond donors (Lipinski definition) is 1. The lowest BCUT2D eigenvalue weighted by atomic mass is 9.72. The number of thioether (sulfide) groups is 1. The third-order valence-corrected chi connectivity index (χ3v) is 9.94. The summed E-state index contributed by atoms with van der Waals surface area (Å²) in [7, 11) is 0. The first-order valence-electron chi connectivity index (χ1n) is 13.7. The first-order chi connectivity index (χ1) is 19.2. The van der Waals surface area contributed by atoms with Crippen LogP contribution in [-0.4, -0.2) is 26.4 Å². The minimum atomic E-state index is -0.150. The van der Waals surface area contributed by atoms with Crippen molar-refractivity contribution >= 4 is 44.8 Å². The maximum atomic E-state index is 12.9. The van der Waals surface area contributed by atoms with Crippen molar-refractivity contribution in [2.45, 2.75) is 72.2 Å². The number of ether oxygens (including phenoxy) is 1. The number of rotatable bonds is 8. The van der Waals surface area contributed by atoms with Crippen LogP contribution in [0.25, 0.3) is 10.8 Å². The zero-order chi connectivity index (χ0) is 28.4. The molecule has 1 atom stereocenters. The summed E-state index contributed by atoms with van der Waals surface area (Å²) in [4.78, 5) is 14.2. The van der Waals surface area contributed by atoms with E-state index in [1.165, 1.54) is 27.4 Å². The van der Waals surface area contributed by atoms with Gasteiger partial charge in [-0.3, -0.25) is 4.79 Å². The number of aryl methyl sites for hydroxylation is 1. The Labute approximate surface area is 244 Å². The molecule has 208 valence electrons. The van der Waals surface area contributed by atoms with Gasteiger partial charge in [0.05, 0.1) is 11.3 Å². The molecule has 0 spiro atoms. The van der Waals surface area contributed by atoms with Crippen molar-refractivity contribution in [3.05, 3.63) is 63.8 Å². The van der Waals surface area contributed by atoms with E-state index in [0.717, 1.165) is 36.1 Å². The molecule has 1 N–H and O–H groups in total. The molecule has 0 unspecified atom stereocenters. The topological polar surface area (TPSA) is 92.8 Å². The highest BCUT2D eigenvalue weighted by atomic mass is 32.2. The largest absolute Gasteiger partial charge is 0.485 e. The van der Waals surface area contributed by atoms with Crippen LogP contribution < -0.4 is 10.1 Å². The number of thiophene rings is 1. The maximum Gasteiger partial charge on any atom is 0.235 e. The molecule has 2 aromatic carbocycles. The van der Waals surface area contributed by atoms with Crippen LogP contribution >= 0.6 is 23.1 Å². The first-order valence-corrected chi connectivity index (χ1v) is 15.5. The van der Waals surface area contributed by atoms with Gasteiger partial charge in [0.15, 0.2) is 11.0 Å². The fraction of sp³-hybridized carbons (Fsp3) is 0.419. The minimum Gasteiger partial charge on any atom is -0.485 e. The van der Waals surface area contributed by atoms with Crippen LogP contribution in [0.1, 0.15) is 61.5 Å². The number of carbonyl (C=O) groups is 1. The molecule has 2 aromatic heterocycles. The second-order valence-corrected chi connectivity index (χ2v) is 13.4. The van der Waals surface area contributed by atoms with E-state index in [4.69, 9.17) is 4.74 Å². The summed E-state index contributed by atoms with van der Waals surface area (Å²) in [5.74, 6) is 2.14. The monoisotopic (exact) mass is 573 g/mol. The Hall–Kier alpha value is -3.35. The van der Waals surface area contributed by atoms with Gasteiger partial charge in [0.2, 0.25) is 5.91 Å². The number of benzene rings is 2. The van der Waals surface area contributed by atoms with Crippen molar-refractivity contribution in [1.29, 1.82) is 5.26 Å². The van der Waals surface area contributed by atoms with Gasteiger partial charge in [0, 0.05) is 11.4 Å². The number of nitrogens with one attached hydrogen (secondary N) is 1. The highest BCUT2D eigenvalue weighted by molar-refractivity contribution is 7.99. The predicted molar refractivity (Wildman–Crippen MR) is 162 cm³/mol. The van der Waals surface area contributed by atoms with Gasteiger partial charge >= 0.3 is 0 Å². The average Bonchev–Trinajstić information content (AvgIpc) is 3.50. The van der Waals surface area contributed by atoms with Gasteiger partial charge in [-0.15, -0.1) is 21.5 Å². The first kappa shape index (κ1) is 28.2. The molecule has 5 rings (SSSR count). The molecule has 0 fully saturated rings. The van der Waals surface area contributed by atoms with E-state index < -0.39 is 0 Å². The summed E-state index contributed by atoms with van der Waals surface area (Å²) in [5, 5.41) is 25.2. The molecule has 0 radical (unpaired) electrons. The van der Waals surface area contributed by atoms with Gasteiger partial charge in [-0.2, -0.15) is 5.26 Å². The number of amides is 1. The average molecular weight is 574 g/mol. The second-order valence-electron chi connectivity index (χ2n) is 11.3. The third-order valence-electron chi connectivity index (χ3n) is 7.80. The maximum absolute atomic E-state index is 12.9. The van der Waals surface area contributed by atoms with Gasteiger partial charge in [-0.25, -0.2) is 0 Å². The van der Waals surface area contributed by atoms with Crippen molar-refractivity contribution in [3.63, 3.8) is 0 Å². The number of aromatic nitrogens is 3. The van der Waals surface area contributed by atoms with Crippen LogP contribution in [0, 0.1) is 29.6 Å². The fourth-order valence-electron chi connectivity index (χ4n) is 5.38. The molecule has 0 bridgehead atoms. The summed E-state index contributed by atoms with van der Waals surface area (Å²) in [6, 6.07) is 14.7. The number of hydrogen-bond acceptors (Lipinski definition) is 7. The van der Waals surface area contributed by atoms with Crippen molar-refractivity contribution < 1.29 is 9.53 Å². The van der Waals surface area contributed by atoms with E-state index in [-0.39, 0.29) is 23.7 Å². The molecule has 2 heterocycles. The zero-order valence-corrected chi connectivity index (χ0v) is 25.3. The van der Waals surface area contributed by atoms with Gasteiger partial charge in [0.1, 0.15) is 23.4 Å². The molecule has 0 saturated heterocycles. The smallest absolute Gasteiger partial charge is 0.235 e. The highest BCUT2D eigenvalue weighted by Crippen LogP contribution is 2.44. The van der Waals surface area contributed by atoms with Crippen LogP contribution in [0.3, 0.4) is 0 Å². The summed E-state index contributed by atoms with van der Waals surface area (Å²) in [6.07, 6.45) is 2.93. The van der Waals surface area contributed by atoms with Gasteiger partial charge < -0.3 is 14.6 Å². The number of nitrogens with zero attached hydrogens (tertiary/aromatic N) is 4. The third kappa shape index (κ3) is 5.74. The normalized spacial score (nSPS) is 15.1. The lowest BCUT2D eigenvalue weighted by Gasteiger charge is -2.33. The molecular weight excluding hydrogens is 539 g/mol. The van der Waals surface area contributed by atoms with Gasteiger partial charge in [0.25, 0.3) is 0 Å². The van der Waals surface area contributed by atoms with Crippen molar-refractivity contribution in [1.82, 2.24) is 14.8 Å². The van der Waals surface area contributed by atoms with E-state index >= 15 is 0 Å². The van der Waals surface area contributed by atoms with Gasteiger partial charge in [-0.05, 0) is 72.4 Å². The van der Waals surface area contributed by atoms with E-state index in [0.29, 0.717) is 34.0 Å². The van der Waals surface area contributed by atoms with Gasteiger partial charge in [-0.1, -0.05) is 62.9 Å². The molecular formula is C31H35N5O2S2. The molecule has 40 heavy (non-hydrogen) atoms. The number of anilines is 1. The summed E-state index contributed by atoms with van der Waals surface area (Å²) in [6.45, 7) is 11.9. The van der Waals surface area contributed by atoms with Crippen LogP contribution in [0.4, 0.5) is 5.00 Å². The summed E-state index contributed by atoms with van der Waals surface area (Å²) in [5.41, 5.74) is 3.06. The molecule has 9 heteroatoms. The van der Waals surface area contributed by atoms with Crippen molar-refractivity contribution in [2.24, 2.45) is 11.3 Å². The molecule has 7 nitrogen and oxygen atoms in total. The van der Waals surface area contributed by atoms with Crippen LogP contribution in [0.15, 0.2) is 41.6 Å². The summed E-state index contributed by atoms with van der Waals surface area (Å²) >= 11 is 2.90. The van der Waals surface area contributed by atoms with Crippen LogP contribution in [0.2, 0.25) is 0 Å². The predicted octanol–water partition coefficient (Wildman–Crippen LogP) is 7.15. The zero-order valence-electron chi connectivity index (χ0n) is 23.7. The molecule has 0 saturated carbocycles.